The largest absolute Gasteiger partial charge is 0.478 e. The Morgan fingerprint density at radius 1 is 1.29 bits per heavy atom. The highest BCUT2D eigenvalue weighted by molar-refractivity contribution is 5.88. The van der Waals surface area contributed by atoms with Crippen molar-refractivity contribution in [2.24, 2.45) is 5.92 Å². The third-order valence-corrected chi connectivity index (χ3v) is 4.28. The van der Waals surface area contributed by atoms with Crippen LogP contribution < -0.4 is 5.32 Å². The summed E-state index contributed by atoms with van der Waals surface area (Å²) in [6, 6.07) is 5.14. The Morgan fingerprint density at radius 2 is 2.10 bits per heavy atom. The number of carbonyl (C=O) groups excluding carboxylic acids is 1. The fourth-order valence-electron chi connectivity index (χ4n) is 2.77. The molecule has 1 fully saturated rings. The van der Waals surface area contributed by atoms with Crippen molar-refractivity contribution in [2.45, 2.75) is 32.2 Å². The number of carboxylic acids is 1. The van der Waals surface area contributed by atoms with Gasteiger partial charge < -0.3 is 15.3 Å². The first-order valence-corrected chi connectivity index (χ1v) is 7.51. The zero-order valence-electron chi connectivity index (χ0n) is 12.0. The highest BCUT2D eigenvalue weighted by Crippen LogP contribution is 2.31. The third-order valence-electron chi connectivity index (χ3n) is 4.28. The number of hydrogen-bond donors (Lipinski definition) is 2. The lowest BCUT2D eigenvalue weighted by Crippen LogP contribution is -2.43. The van der Waals surface area contributed by atoms with Crippen molar-refractivity contribution in [3.63, 3.8) is 0 Å². The van der Waals surface area contributed by atoms with Crippen LogP contribution in [0.2, 0.25) is 0 Å². The van der Waals surface area contributed by atoms with E-state index in [9.17, 15) is 9.59 Å². The van der Waals surface area contributed by atoms with E-state index in [2.05, 4.69) is 5.32 Å². The molecule has 112 valence electrons. The van der Waals surface area contributed by atoms with Gasteiger partial charge in [0.2, 0.25) is 0 Å². The van der Waals surface area contributed by atoms with Gasteiger partial charge in [-0.25, -0.2) is 9.59 Å². The molecular weight excluding hydrogens is 268 g/mol. The van der Waals surface area contributed by atoms with Crippen LogP contribution >= 0.6 is 0 Å². The minimum atomic E-state index is -0.927. The Labute approximate surface area is 123 Å². The molecule has 0 atom stereocenters. The second kappa shape index (κ2) is 5.76. The zero-order valence-corrected chi connectivity index (χ0v) is 12.0. The molecule has 0 saturated heterocycles. The number of nitrogens with zero attached hydrogens (tertiary/aromatic N) is 1. The molecule has 1 aliphatic heterocycles. The standard InChI is InChI=1S/C16H20N2O3/c19-15(20)13-4-3-12-6-8-18(10-14(12)9-13)16(21)17-7-5-11-1-2-11/h3-4,9,11H,1-2,5-8,10H2,(H,17,21)(H,19,20). The van der Waals surface area contributed by atoms with Crippen LogP contribution in [-0.4, -0.2) is 35.1 Å². The van der Waals surface area contributed by atoms with Gasteiger partial charge in [0, 0.05) is 19.6 Å². The summed E-state index contributed by atoms with van der Waals surface area (Å²) in [5.74, 6) is -0.116. The monoisotopic (exact) mass is 288 g/mol. The summed E-state index contributed by atoms with van der Waals surface area (Å²) in [4.78, 5) is 24.9. The Kier molecular flexibility index (Phi) is 3.82. The Bertz CT molecular complexity index is 567. The maximum atomic E-state index is 12.1. The van der Waals surface area contributed by atoms with Gasteiger partial charge >= 0.3 is 12.0 Å². The van der Waals surface area contributed by atoms with Crippen LogP contribution in [0.25, 0.3) is 0 Å². The molecule has 0 unspecified atom stereocenters. The SMILES string of the molecule is O=C(O)c1ccc2c(c1)CN(C(=O)NCCC1CC1)CC2. The van der Waals surface area contributed by atoms with E-state index < -0.39 is 5.97 Å². The number of urea groups is 1. The van der Waals surface area contributed by atoms with Gasteiger partial charge in [0.25, 0.3) is 0 Å². The van der Waals surface area contributed by atoms with Gasteiger partial charge in [0.15, 0.2) is 0 Å². The first kappa shape index (κ1) is 13.9. The first-order chi connectivity index (χ1) is 10.1. The number of rotatable bonds is 4. The highest BCUT2D eigenvalue weighted by atomic mass is 16.4. The quantitative estimate of drug-likeness (QED) is 0.892. The van der Waals surface area contributed by atoms with Crippen LogP contribution in [0, 0.1) is 5.92 Å². The predicted octanol–water partition coefficient (Wildman–Crippen LogP) is 2.25. The summed E-state index contributed by atoms with van der Waals surface area (Å²) in [5, 5.41) is 12.0. The molecule has 2 amide bonds. The lowest BCUT2D eigenvalue weighted by molar-refractivity contribution is 0.0696. The van der Waals surface area contributed by atoms with Crippen LogP contribution in [0.3, 0.4) is 0 Å². The van der Waals surface area contributed by atoms with Crippen LogP contribution in [0.5, 0.6) is 0 Å². The molecule has 1 saturated carbocycles. The molecule has 0 aromatic heterocycles. The molecule has 1 aromatic carbocycles. The van der Waals surface area contributed by atoms with Gasteiger partial charge in [0.1, 0.15) is 0 Å². The minimum Gasteiger partial charge on any atom is -0.478 e. The Morgan fingerprint density at radius 3 is 2.81 bits per heavy atom. The van der Waals surface area contributed by atoms with E-state index in [-0.39, 0.29) is 11.6 Å². The van der Waals surface area contributed by atoms with Crippen molar-refractivity contribution in [1.29, 1.82) is 0 Å². The van der Waals surface area contributed by atoms with Crippen molar-refractivity contribution in [1.82, 2.24) is 10.2 Å². The highest BCUT2D eigenvalue weighted by Gasteiger charge is 2.23. The van der Waals surface area contributed by atoms with Crippen molar-refractivity contribution in [2.75, 3.05) is 13.1 Å². The number of carbonyl (C=O) groups is 2. The Balaban J connectivity index is 1.60. The molecule has 0 spiro atoms. The molecule has 5 nitrogen and oxygen atoms in total. The summed E-state index contributed by atoms with van der Waals surface area (Å²) in [7, 11) is 0. The number of hydrogen-bond acceptors (Lipinski definition) is 2. The topological polar surface area (TPSA) is 69.6 Å². The molecule has 5 heteroatoms. The number of nitrogens with one attached hydrogen (secondary N) is 1. The smallest absolute Gasteiger partial charge is 0.335 e. The fraction of sp³-hybridized carbons (Fsp3) is 0.500. The molecule has 1 aliphatic carbocycles. The molecule has 3 rings (SSSR count). The summed E-state index contributed by atoms with van der Waals surface area (Å²) in [6.07, 6.45) is 4.44. The molecular formula is C16H20N2O3. The molecule has 21 heavy (non-hydrogen) atoms. The van der Waals surface area contributed by atoms with E-state index in [4.69, 9.17) is 5.11 Å². The molecule has 0 radical (unpaired) electrons. The predicted molar refractivity (Wildman–Crippen MR) is 78.3 cm³/mol. The van der Waals surface area contributed by atoms with E-state index >= 15 is 0 Å². The lowest BCUT2D eigenvalue weighted by atomic mass is 9.97. The number of amides is 2. The van der Waals surface area contributed by atoms with Crippen LogP contribution in [0.1, 0.15) is 40.7 Å². The first-order valence-electron chi connectivity index (χ1n) is 7.51. The second-order valence-corrected chi connectivity index (χ2v) is 5.92. The van der Waals surface area contributed by atoms with Crippen LogP contribution in [-0.2, 0) is 13.0 Å². The van der Waals surface area contributed by atoms with Crippen molar-refractivity contribution >= 4 is 12.0 Å². The average Bonchev–Trinajstić information content (AvgIpc) is 3.30. The van der Waals surface area contributed by atoms with E-state index in [0.29, 0.717) is 13.1 Å². The van der Waals surface area contributed by atoms with Gasteiger partial charge in [0.05, 0.1) is 5.56 Å². The number of benzene rings is 1. The summed E-state index contributed by atoms with van der Waals surface area (Å²) >= 11 is 0. The second-order valence-electron chi connectivity index (χ2n) is 5.92. The maximum absolute atomic E-state index is 12.1. The van der Waals surface area contributed by atoms with Crippen LogP contribution in [0.15, 0.2) is 18.2 Å². The number of aromatic carboxylic acids is 1. The van der Waals surface area contributed by atoms with Crippen LogP contribution in [0.4, 0.5) is 4.79 Å². The normalized spacial score (nSPS) is 17.2. The van der Waals surface area contributed by atoms with E-state index in [1.165, 1.54) is 12.8 Å². The van der Waals surface area contributed by atoms with E-state index in [1.54, 1.807) is 17.0 Å². The van der Waals surface area contributed by atoms with E-state index in [1.807, 2.05) is 6.07 Å². The molecule has 2 N–H and O–H groups in total. The minimum absolute atomic E-state index is 0.0398. The summed E-state index contributed by atoms with van der Waals surface area (Å²) < 4.78 is 0. The third kappa shape index (κ3) is 3.35. The van der Waals surface area contributed by atoms with Gasteiger partial charge in [-0.3, -0.25) is 0 Å². The number of carboxylic acid groups (broad SMARTS) is 1. The van der Waals surface area contributed by atoms with Crippen molar-refractivity contribution in [3.05, 3.63) is 34.9 Å². The van der Waals surface area contributed by atoms with Gasteiger partial charge in [-0.1, -0.05) is 18.9 Å². The molecule has 2 aliphatic rings. The fourth-order valence-corrected chi connectivity index (χ4v) is 2.77. The maximum Gasteiger partial charge on any atom is 0.335 e. The van der Waals surface area contributed by atoms with Gasteiger partial charge in [-0.15, -0.1) is 0 Å². The number of fused-ring (bicyclic) bond motifs is 1. The lowest BCUT2D eigenvalue weighted by Gasteiger charge is -2.29. The van der Waals surface area contributed by atoms with Crippen molar-refractivity contribution < 1.29 is 14.7 Å². The average molecular weight is 288 g/mol. The Hall–Kier alpha value is -2.04. The van der Waals surface area contributed by atoms with Gasteiger partial charge in [-0.05, 0) is 42.0 Å². The van der Waals surface area contributed by atoms with Gasteiger partial charge in [-0.2, -0.15) is 0 Å². The van der Waals surface area contributed by atoms with E-state index in [0.717, 1.165) is 36.4 Å². The molecule has 1 aromatic rings. The zero-order chi connectivity index (χ0) is 14.8. The summed E-state index contributed by atoms with van der Waals surface area (Å²) in [5.41, 5.74) is 2.37. The van der Waals surface area contributed by atoms with Crippen molar-refractivity contribution in [3.8, 4) is 0 Å². The summed E-state index contributed by atoms with van der Waals surface area (Å²) in [6.45, 7) is 1.92. The molecule has 1 heterocycles. The molecule has 0 bridgehead atoms.